The van der Waals surface area contributed by atoms with E-state index in [0.717, 1.165) is 0 Å². The molecule has 0 aromatic carbocycles. The van der Waals surface area contributed by atoms with Gasteiger partial charge in [0.2, 0.25) is 6.54 Å². The van der Waals surface area contributed by atoms with E-state index in [9.17, 15) is 22.8 Å². The van der Waals surface area contributed by atoms with Gasteiger partial charge in [0.25, 0.3) is 17.7 Å². The number of likely N-dealkylation sites (tertiary alicyclic amines) is 1. The van der Waals surface area contributed by atoms with Crippen molar-refractivity contribution in [2.75, 3.05) is 13.6 Å². The topological polar surface area (TPSA) is 128 Å². The van der Waals surface area contributed by atoms with E-state index < -0.39 is 28.3 Å². The van der Waals surface area contributed by atoms with E-state index >= 15 is 0 Å². The summed E-state index contributed by atoms with van der Waals surface area (Å²) in [7, 11) is -3.10. The maximum atomic E-state index is 12.5. The Kier molecular flexibility index (Phi) is 4.21. The number of hydrogen-bond acceptors (Lipinski definition) is 5. The van der Waals surface area contributed by atoms with Crippen LogP contribution < -0.4 is 9.88 Å². The molecular weight excluding hydrogens is 352 g/mol. The van der Waals surface area contributed by atoms with Gasteiger partial charge in [-0.25, -0.2) is 4.31 Å². The fourth-order valence-corrected chi connectivity index (χ4v) is 4.14. The number of pyridine rings is 1. The first-order valence-corrected chi connectivity index (χ1v) is 8.95. The van der Waals surface area contributed by atoms with Crippen molar-refractivity contribution in [1.82, 2.24) is 14.5 Å². The maximum Gasteiger partial charge on any atom is 0.362 e. The highest BCUT2D eigenvalue weighted by molar-refractivity contribution is 7.84. The Hall–Kier alpha value is -2.53. The molecule has 2 saturated heterocycles. The molecule has 1 aromatic rings. The fraction of sp³-hybridized carbons (Fsp3) is 0.429. The summed E-state index contributed by atoms with van der Waals surface area (Å²) >= 11 is 0. The van der Waals surface area contributed by atoms with E-state index in [1.54, 1.807) is 18.3 Å². The molecule has 0 aliphatic carbocycles. The molecule has 0 saturated carbocycles. The van der Waals surface area contributed by atoms with Crippen LogP contribution in [0.25, 0.3) is 0 Å². The molecule has 2 atom stereocenters. The normalized spacial score (nSPS) is 22.4. The maximum absolute atomic E-state index is 12.5. The van der Waals surface area contributed by atoms with E-state index in [-0.39, 0.29) is 31.3 Å². The molecule has 11 heteroatoms. The third-order valence-electron chi connectivity index (χ3n) is 4.37. The molecule has 3 rings (SSSR count). The molecule has 2 aliphatic heterocycles. The second-order valence-corrected chi connectivity index (χ2v) is 7.13. The molecular formula is C14H17N4O6S+. The molecule has 2 aliphatic rings. The summed E-state index contributed by atoms with van der Waals surface area (Å²) in [6.07, 6.45) is 3.41. The van der Waals surface area contributed by atoms with Gasteiger partial charge in [-0.3, -0.25) is 18.9 Å². The minimum Gasteiger partial charge on any atom is -0.355 e. The van der Waals surface area contributed by atoms with Crippen LogP contribution in [0.1, 0.15) is 16.8 Å². The van der Waals surface area contributed by atoms with Gasteiger partial charge in [0.1, 0.15) is 11.6 Å². The average molecular weight is 369 g/mol. The van der Waals surface area contributed by atoms with Crippen molar-refractivity contribution in [1.29, 1.82) is 0 Å². The Morgan fingerprint density at radius 3 is 2.80 bits per heavy atom. The molecule has 0 bridgehead atoms. The van der Waals surface area contributed by atoms with Crippen LogP contribution in [0.5, 0.6) is 0 Å². The van der Waals surface area contributed by atoms with Crippen molar-refractivity contribution in [2.24, 2.45) is 0 Å². The number of fused-ring (bicyclic) bond motifs is 1. The fourth-order valence-electron chi connectivity index (χ4n) is 3.24. The standard InChI is InChI=1S/C14H16N4O6S/c1-15-13(20)9-3-2-5-16(7-9)8-11(19)17-6-4-10-12(17)14(21)18(10)25(22,23)24/h2-3,5,7,10,12H,4,6,8H2,1H3,(H-,15,20,22,23,24)/p+1/t10-,12+/m1/s1. The number of β-lactam (4-membered cyclic amide) rings is 1. The molecule has 25 heavy (non-hydrogen) atoms. The predicted octanol–water partition coefficient (Wildman–Crippen LogP) is -2.05. The SMILES string of the molecule is CNC(=O)c1ccc[n+](CC(=O)N2CC[C@@H]3[C@H]2C(=O)N3S(=O)(=O)O)c1. The monoisotopic (exact) mass is 369 g/mol. The number of hydrogen-bond donors (Lipinski definition) is 2. The van der Waals surface area contributed by atoms with Crippen LogP contribution in [0.3, 0.4) is 0 Å². The van der Waals surface area contributed by atoms with Gasteiger partial charge in [0.05, 0.1) is 6.04 Å². The predicted molar refractivity (Wildman–Crippen MR) is 82.3 cm³/mol. The zero-order chi connectivity index (χ0) is 18.4. The van der Waals surface area contributed by atoms with Crippen LogP contribution >= 0.6 is 0 Å². The van der Waals surface area contributed by atoms with E-state index in [4.69, 9.17) is 4.55 Å². The molecule has 2 fully saturated rings. The lowest BCUT2D eigenvalue weighted by Gasteiger charge is -2.42. The number of nitrogens with one attached hydrogen (secondary N) is 1. The van der Waals surface area contributed by atoms with E-state index in [0.29, 0.717) is 9.87 Å². The molecule has 1 aromatic heterocycles. The Morgan fingerprint density at radius 2 is 2.16 bits per heavy atom. The Morgan fingerprint density at radius 1 is 1.44 bits per heavy atom. The van der Waals surface area contributed by atoms with Crippen molar-refractivity contribution < 1.29 is 31.9 Å². The van der Waals surface area contributed by atoms with Crippen molar-refractivity contribution >= 4 is 28.0 Å². The first kappa shape index (κ1) is 17.3. The lowest BCUT2D eigenvalue weighted by Crippen LogP contribution is -2.68. The van der Waals surface area contributed by atoms with Gasteiger partial charge in [-0.05, 0) is 12.5 Å². The molecule has 2 N–H and O–H groups in total. The number of carbonyl (C=O) groups is 3. The quantitative estimate of drug-likeness (QED) is 0.357. The molecule has 0 spiro atoms. The molecule has 0 unspecified atom stereocenters. The van der Waals surface area contributed by atoms with Crippen LogP contribution in [-0.2, 0) is 26.4 Å². The Labute approximate surface area is 143 Å². The van der Waals surface area contributed by atoms with Gasteiger partial charge in [-0.15, -0.1) is 0 Å². The van der Waals surface area contributed by atoms with Crippen molar-refractivity contribution in [3.05, 3.63) is 30.1 Å². The Balaban J connectivity index is 1.72. The van der Waals surface area contributed by atoms with Crippen LogP contribution in [0.2, 0.25) is 0 Å². The number of aromatic nitrogens is 1. The van der Waals surface area contributed by atoms with Crippen molar-refractivity contribution in [2.45, 2.75) is 25.0 Å². The highest BCUT2D eigenvalue weighted by Crippen LogP contribution is 2.35. The van der Waals surface area contributed by atoms with Gasteiger partial charge in [0.15, 0.2) is 12.4 Å². The molecule has 10 nitrogen and oxygen atoms in total. The third-order valence-corrected chi connectivity index (χ3v) is 5.32. The molecule has 3 amide bonds. The lowest BCUT2D eigenvalue weighted by molar-refractivity contribution is -0.685. The lowest BCUT2D eigenvalue weighted by atomic mass is 10.0. The van der Waals surface area contributed by atoms with Crippen LogP contribution in [0.15, 0.2) is 24.5 Å². The van der Waals surface area contributed by atoms with Crippen molar-refractivity contribution in [3.63, 3.8) is 0 Å². The summed E-state index contributed by atoms with van der Waals surface area (Å²) in [5, 5.41) is 2.49. The van der Waals surface area contributed by atoms with Gasteiger partial charge in [0, 0.05) is 19.7 Å². The number of carbonyl (C=O) groups excluding carboxylic acids is 3. The minimum absolute atomic E-state index is 0.0901. The van der Waals surface area contributed by atoms with Crippen LogP contribution in [0, 0.1) is 0 Å². The summed E-state index contributed by atoms with van der Waals surface area (Å²) in [4.78, 5) is 37.4. The van der Waals surface area contributed by atoms with E-state index in [1.807, 2.05) is 0 Å². The smallest absolute Gasteiger partial charge is 0.355 e. The van der Waals surface area contributed by atoms with Crippen LogP contribution in [-0.4, -0.2) is 65.6 Å². The van der Waals surface area contributed by atoms with Gasteiger partial charge < -0.3 is 10.2 Å². The minimum atomic E-state index is -4.60. The second kappa shape index (κ2) is 6.08. The highest BCUT2D eigenvalue weighted by atomic mass is 32.2. The van der Waals surface area contributed by atoms with Gasteiger partial charge in [-0.2, -0.15) is 13.0 Å². The molecule has 134 valence electrons. The first-order chi connectivity index (χ1) is 11.7. The number of nitrogens with zero attached hydrogens (tertiary/aromatic N) is 3. The summed E-state index contributed by atoms with van der Waals surface area (Å²) in [5.74, 6) is -1.46. The largest absolute Gasteiger partial charge is 0.362 e. The summed E-state index contributed by atoms with van der Waals surface area (Å²) in [6, 6.07) is 1.65. The van der Waals surface area contributed by atoms with Crippen LogP contribution in [0.4, 0.5) is 0 Å². The third kappa shape index (κ3) is 2.96. The highest BCUT2D eigenvalue weighted by Gasteiger charge is 2.60. The number of amides is 3. The van der Waals surface area contributed by atoms with Gasteiger partial charge in [-0.1, -0.05) is 0 Å². The molecule has 0 radical (unpaired) electrons. The molecule has 3 heterocycles. The summed E-state index contributed by atoms with van der Waals surface area (Å²) in [6.45, 7) is 0.134. The second-order valence-electron chi connectivity index (χ2n) is 5.84. The van der Waals surface area contributed by atoms with Crippen molar-refractivity contribution in [3.8, 4) is 0 Å². The zero-order valence-corrected chi connectivity index (χ0v) is 14.1. The summed E-state index contributed by atoms with van der Waals surface area (Å²) in [5.41, 5.74) is 0.384. The first-order valence-electron chi connectivity index (χ1n) is 7.55. The number of rotatable bonds is 4. The zero-order valence-electron chi connectivity index (χ0n) is 13.3. The van der Waals surface area contributed by atoms with Gasteiger partial charge >= 0.3 is 10.3 Å². The van der Waals surface area contributed by atoms with E-state index in [2.05, 4.69) is 5.32 Å². The Bertz CT molecular complexity index is 855. The van der Waals surface area contributed by atoms with E-state index in [1.165, 1.54) is 22.7 Å². The average Bonchev–Trinajstić information content (AvgIpc) is 2.91. The summed E-state index contributed by atoms with van der Waals surface area (Å²) < 4.78 is 33.3.